The van der Waals surface area contributed by atoms with Crippen LogP contribution in [0.15, 0.2) is 48.5 Å². The van der Waals surface area contributed by atoms with Crippen LogP contribution in [0.4, 0.5) is 5.69 Å². The Kier molecular flexibility index (Phi) is 12.4. The number of carbonyl (C=O) groups is 2. The second-order valence-corrected chi connectivity index (χ2v) is 4.17. The summed E-state index contributed by atoms with van der Waals surface area (Å²) in [4.78, 5) is 23.1. The average Bonchev–Trinajstić information content (AvgIpc) is 2.51. The van der Waals surface area contributed by atoms with Crippen molar-refractivity contribution in [2.24, 2.45) is 0 Å². The van der Waals surface area contributed by atoms with Crippen LogP contribution in [0.5, 0.6) is 0 Å². The summed E-state index contributed by atoms with van der Waals surface area (Å²) >= 11 is 0. The van der Waals surface area contributed by atoms with E-state index in [1.807, 2.05) is 32.9 Å². The third-order valence-electron chi connectivity index (χ3n) is 2.71. The minimum atomic E-state index is -1.12. The van der Waals surface area contributed by atoms with Gasteiger partial charge >= 0.3 is 5.97 Å². The van der Waals surface area contributed by atoms with Gasteiger partial charge in [0.15, 0.2) is 0 Å². The Morgan fingerprint density at radius 2 is 1.39 bits per heavy atom. The zero-order valence-corrected chi connectivity index (χ0v) is 16.8. The first-order chi connectivity index (χ1) is 10.1. The zero-order chi connectivity index (χ0) is 15.8. The number of carboxylic acid groups (broad SMARTS) is 1. The summed E-state index contributed by atoms with van der Waals surface area (Å²) < 4.78 is 0. The van der Waals surface area contributed by atoms with Gasteiger partial charge in [-0.25, -0.2) is 4.79 Å². The first-order valence-electron chi connectivity index (χ1n) is 6.78. The number of rotatable bonds is 3. The van der Waals surface area contributed by atoms with E-state index >= 15 is 0 Å². The van der Waals surface area contributed by atoms with Crippen LogP contribution in [0, 0.1) is 14.4 Å². The summed E-state index contributed by atoms with van der Waals surface area (Å²) in [7, 11) is 0. The SMILES string of the molecule is CC.Cc1ccc(NC(=O)c2ccccc2C(=O)O)cc1.[CH3-].[Y]. The minimum Gasteiger partial charge on any atom is -0.478 e. The molecule has 1 radical (unpaired) electrons. The minimum absolute atomic E-state index is 0. The number of hydrogen-bond acceptors (Lipinski definition) is 2. The number of benzene rings is 2. The van der Waals surface area contributed by atoms with Crippen LogP contribution < -0.4 is 5.32 Å². The normalized spacial score (nSPS) is 8.48. The fourth-order valence-electron chi connectivity index (χ4n) is 1.70. The summed E-state index contributed by atoms with van der Waals surface area (Å²) in [6.07, 6.45) is 0. The average molecular weight is 389 g/mol. The fraction of sp³-hybridized carbons (Fsp3) is 0.167. The van der Waals surface area contributed by atoms with Crippen LogP contribution in [0.3, 0.4) is 0 Å². The standard InChI is InChI=1S/C15H13NO3.C2H6.CH3.Y/c1-10-6-8-11(9-7-10)16-14(17)12-4-2-3-5-13(12)15(18)19;1-2;;/h2-9H,1H3,(H,16,17)(H,18,19);1-2H3;1H3;/q;;-1;. The van der Waals surface area contributed by atoms with Crippen molar-refractivity contribution in [3.63, 3.8) is 0 Å². The van der Waals surface area contributed by atoms with E-state index in [1.54, 1.807) is 24.3 Å². The first kappa shape index (κ1) is 23.7. The molecule has 0 unspecified atom stereocenters. The van der Waals surface area contributed by atoms with Gasteiger partial charge in [0.25, 0.3) is 5.91 Å². The second kappa shape index (κ2) is 12.0. The van der Waals surface area contributed by atoms with E-state index in [4.69, 9.17) is 5.11 Å². The largest absolute Gasteiger partial charge is 0.478 e. The molecule has 0 saturated heterocycles. The van der Waals surface area contributed by atoms with Crippen LogP contribution in [-0.4, -0.2) is 17.0 Å². The van der Waals surface area contributed by atoms with Crippen molar-refractivity contribution in [3.8, 4) is 0 Å². The van der Waals surface area contributed by atoms with E-state index in [2.05, 4.69) is 5.32 Å². The maximum atomic E-state index is 12.0. The molecule has 121 valence electrons. The molecule has 0 saturated carbocycles. The van der Waals surface area contributed by atoms with Gasteiger partial charge in [0, 0.05) is 38.4 Å². The van der Waals surface area contributed by atoms with Crippen LogP contribution in [0.2, 0.25) is 0 Å². The van der Waals surface area contributed by atoms with Gasteiger partial charge in [-0.15, -0.1) is 0 Å². The van der Waals surface area contributed by atoms with Gasteiger partial charge < -0.3 is 17.8 Å². The van der Waals surface area contributed by atoms with Crippen LogP contribution in [-0.2, 0) is 32.7 Å². The molecule has 1 amide bonds. The summed E-state index contributed by atoms with van der Waals surface area (Å²) in [6, 6.07) is 13.4. The Morgan fingerprint density at radius 3 is 1.87 bits per heavy atom. The molecule has 5 heteroatoms. The number of nitrogens with one attached hydrogen (secondary N) is 1. The molecule has 0 aromatic heterocycles. The molecule has 0 heterocycles. The Labute approximate surface area is 163 Å². The van der Waals surface area contributed by atoms with E-state index in [9.17, 15) is 9.59 Å². The summed E-state index contributed by atoms with van der Waals surface area (Å²) in [5.74, 6) is -1.54. The maximum Gasteiger partial charge on any atom is 0.336 e. The van der Waals surface area contributed by atoms with Gasteiger partial charge in [0.1, 0.15) is 0 Å². The Balaban J connectivity index is 0. The third-order valence-corrected chi connectivity index (χ3v) is 2.71. The fourth-order valence-corrected chi connectivity index (χ4v) is 1.70. The molecular weight excluding hydrogens is 367 g/mol. The van der Waals surface area contributed by atoms with Gasteiger partial charge in [-0.3, -0.25) is 4.79 Å². The third kappa shape index (κ3) is 7.06. The predicted octanol–water partition coefficient (Wildman–Crippen LogP) is 4.42. The quantitative estimate of drug-likeness (QED) is 0.764. The molecular formula is C18H22NO3Y-. The molecule has 0 bridgehead atoms. The van der Waals surface area contributed by atoms with Gasteiger partial charge in [-0.05, 0) is 31.2 Å². The topological polar surface area (TPSA) is 66.4 Å². The number of anilines is 1. The van der Waals surface area contributed by atoms with E-state index < -0.39 is 11.9 Å². The van der Waals surface area contributed by atoms with Crippen molar-refractivity contribution < 1.29 is 47.4 Å². The molecule has 4 nitrogen and oxygen atoms in total. The van der Waals surface area contributed by atoms with E-state index in [-0.39, 0.29) is 51.3 Å². The van der Waals surface area contributed by atoms with Crippen molar-refractivity contribution in [1.29, 1.82) is 0 Å². The molecule has 2 N–H and O–H groups in total. The maximum absolute atomic E-state index is 12.0. The Morgan fingerprint density at radius 1 is 0.913 bits per heavy atom. The second-order valence-electron chi connectivity index (χ2n) is 4.17. The van der Waals surface area contributed by atoms with Crippen LogP contribution in [0.1, 0.15) is 40.1 Å². The molecule has 0 aliphatic carbocycles. The van der Waals surface area contributed by atoms with Crippen molar-refractivity contribution in [1.82, 2.24) is 0 Å². The van der Waals surface area contributed by atoms with Crippen molar-refractivity contribution in [3.05, 3.63) is 72.6 Å². The van der Waals surface area contributed by atoms with Gasteiger partial charge in [-0.2, -0.15) is 0 Å². The van der Waals surface area contributed by atoms with Crippen molar-refractivity contribution in [2.75, 3.05) is 5.32 Å². The Bertz CT molecular complexity index is 624. The van der Waals surface area contributed by atoms with Gasteiger partial charge in [0.05, 0.1) is 11.1 Å². The Hall–Kier alpha value is -1.52. The van der Waals surface area contributed by atoms with Crippen molar-refractivity contribution in [2.45, 2.75) is 20.8 Å². The van der Waals surface area contributed by atoms with Gasteiger partial charge in [-0.1, -0.05) is 43.7 Å². The molecule has 0 spiro atoms. The number of aromatic carboxylic acids is 1. The van der Waals surface area contributed by atoms with Crippen LogP contribution >= 0.6 is 0 Å². The molecule has 2 aromatic rings. The number of carbonyl (C=O) groups excluding carboxylic acids is 1. The predicted molar refractivity (Wildman–Crippen MR) is 90.3 cm³/mol. The molecule has 23 heavy (non-hydrogen) atoms. The van der Waals surface area contributed by atoms with E-state index in [0.717, 1.165) is 5.56 Å². The summed E-state index contributed by atoms with van der Waals surface area (Å²) in [6.45, 7) is 5.95. The molecule has 0 aliphatic rings. The number of amides is 1. The van der Waals surface area contributed by atoms with Gasteiger partial charge in [0.2, 0.25) is 0 Å². The molecule has 0 aliphatic heterocycles. The van der Waals surface area contributed by atoms with Crippen LogP contribution in [0.25, 0.3) is 0 Å². The summed E-state index contributed by atoms with van der Waals surface area (Å²) in [5.41, 5.74) is 1.86. The smallest absolute Gasteiger partial charge is 0.336 e. The number of hydrogen-bond donors (Lipinski definition) is 2. The monoisotopic (exact) mass is 389 g/mol. The first-order valence-corrected chi connectivity index (χ1v) is 6.78. The van der Waals surface area contributed by atoms with Crippen molar-refractivity contribution >= 4 is 17.6 Å². The molecule has 2 rings (SSSR count). The molecule has 0 fully saturated rings. The van der Waals surface area contributed by atoms with E-state index in [1.165, 1.54) is 12.1 Å². The number of aryl methyl sites for hydroxylation is 1. The zero-order valence-electron chi connectivity index (χ0n) is 14.0. The summed E-state index contributed by atoms with van der Waals surface area (Å²) in [5, 5.41) is 11.7. The van der Waals surface area contributed by atoms with E-state index in [0.29, 0.717) is 5.69 Å². The molecule has 2 aromatic carbocycles. The molecule has 0 atom stereocenters. The number of carboxylic acids is 1.